The van der Waals surface area contributed by atoms with Crippen molar-refractivity contribution in [1.82, 2.24) is 9.88 Å². The van der Waals surface area contributed by atoms with Gasteiger partial charge in [0.05, 0.1) is 19.3 Å². The molecule has 0 bridgehead atoms. The van der Waals surface area contributed by atoms with Crippen LogP contribution in [-0.4, -0.2) is 52.5 Å². The van der Waals surface area contributed by atoms with Crippen LogP contribution in [0, 0.1) is 11.8 Å². The Bertz CT molecular complexity index is 717. The summed E-state index contributed by atoms with van der Waals surface area (Å²) >= 11 is 1.72. The lowest BCUT2D eigenvalue weighted by atomic mass is 9.79. The number of hydrogen-bond acceptors (Lipinski definition) is 6. The average molecular weight is 360 g/mol. The van der Waals surface area contributed by atoms with Crippen molar-refractivity contribution in [2.75, 3.05) is 20.2 Å². The summed E-state index contributed by atoms with van der Waals surface area (Å²) in [5.41, 5.74) is 1.08. The first-order valence-electron chi connectivity index (χ1n) is 8.80. The topological polar surface area (TPSA) is 65.8 Å². The molecule has 2 N–H and O–H groups in total. The van der Waals surface area contributed by atoms with Gasteiger partial charge in [0.1, 0.15) is 10.8 Å². The molecule has 1 aromatic carbocycles. The monoisotopic (exact) mass is 360 g/mol. The molecule has 2 aromatic rings. The fraction of sp³-hybridized carbons (Fsp3) is 0.526. The highest BCUT2D eigenvalue weighted by Gasteiger charge is 2.41. The molecule has 6 heteroatoms. The van der Waals surface area contributed by atoms with Gasteiger partial charge in [-0.25, -0.2) is 4.98 Å². The van der Waals surface area contributed by atoms with Crippen molar-refractivity contribution >= 4 is 11.3 Å². The number of rotatable bonds is 4. The van der Waals surface area contributed by atoms with E-state index < -0.39 is 12.2 Å². The van der Waals surface area contributed by atoms with Crippen molar-refractivity contribution in [2.24, 2.45) is 11.8 Å². The molecule has 1 aliphatic heterocycles. The van der Waals surface area contributed by atoms with Crippen LogP contribution in [0.3, 0.4) is 0 Å². The molecular weight excluding hydrogens is 336 g/mol. The smallest absolute Gasteiger partial charge is 0.123 e. The molecule has 1 saturated carbocycles. The van der Waals surface area contributed by atoms with Gasteiger partial charge >= 0.3 is 0 Å². The molecule has 25 heavy (non-hydrogen) atoms. The normalized spacial score (nSPS) is 29.6. The number of aliphatic hydroxyl groups excluding tert-OH is 2. The number of benzene rings is 1. The van der Waals surface area contributed by atoms with Gasteiger partial charge in [0.25, 0.3) is 0 Å². The summed E-state index contributed by atoms with van der Waals surface area (Å²) in [6.45, 7) is 2.89. The summed E-state index contributed by atoms with van der Waals surface area (Å²) in [6, 6.07) is 7.98. The van der Waals surface area contributed by atoms with Crippen molar-refractivity contribution in [3.05, 3.63) is 35.3 Å². The van der Waals surface area contributed by atoms with E-state index >= 15 is 0 Å². The number of methoxy groups -OCH3 is 1. The minimum Gasteiger partial charge on any atom is -0.497 e. The Morgan fingerprint density at radius 2 is 1.92 bits per heavy atom. The van der Waals surface area contributed by atoms with E-state index in [2.05, 4.69) is 16.0 Å². The SMILES string of the molecule is COc1cccc(-c2ncc(CN3C[C@H]4C[C@H](O)[C@H](O)C[C@H]4C3)s2)c1. The first-order valence-corrected chi connectivity index (χ1v) is 9.61. The Labute approximate surface area is 151 Å². The lowest BCUT2D eigenvalue weighted by Gasteiger charge is -2.32. The van der Waals surface area contributed by atoms with Crippen molar-refractivity contribution < 1.29 is 14.9 Å². The van der Waals surface area contributed by atoms with Crippen LogP contribution in [0.5, 0.6) is 5.75 Å². The number of ether oxygens (including phenoxy) is 1. The van der Waals surface area contributed by atoms with Gasteiger partial charge in [0.2, 0.25) is 0 Å². The number of hydrogen-bond donors (Lipinski definition) is 2. The molecule has 4 rings (SSSR count). The van der Waals surface area contributed by atoms with Gasteiger partial charge in [-0.1, -0.05) is 12.1 Å². The van der Waals surface area contributed by atoms with E-state index in [1.165, 1.54) is 4.88 Å². The van der Waals surface area contributed by atoms with E-state index in [0.717, 1.165) is 48.8 Å². The number of fused-ring (bicyclic) bond motifs is 1. The molecule has 0 spiro atoms. The predicted molar refractivity (Wildman–Crippen MR) is 97.6 cm³/mol. The third-order valence-corrected chi connectivity index (χ3v) is 6.47. The number of likely N-dealkylation sites (tertiary alicyclic amines) is 1. The molecule has 4 atom stereocenters. The molecule has 1 aliphatic carbocycles. The lowest BCUT2D eigenvalue weighted by molar-refractivity contribution is -0.0372. The maximum absolute atomic E-state index is 9.89. The van der Waals surface area contributed by atoms with Crippen LogP contribution in [0.1, 0.15) is 17.7 Å². The Morgan fingerprint density at radius 3 is 2.60 bits per heavy atom. The highest BCUT2D eigenvalue weighted by atomic mass is 32.1. The molecule has 0 unspecified atom stereocenters. The number of aliphatic hydroxyl groups is 2. The molecule has 1 saturated heterocycles. The lowest BCUT2D eigenvalue weighted by Crippen LogP contribution is -2.38. The van der Waals surface area contributed by atoms with E-state index in [4.69, 9.17) is 4.74 Å². The molecule has 134 valence electrons. The van der Waals surface area contributed by atoms with Crippen LogP contribution < -0.4 is 4.74 Å². The Morgan fingerprint density at radius 1 is 1.20 bits per heavy atom. The summed E-state index contributed by atoms with van der Waals surface area (Å²) in [6.07, 6.45) is 2.30. The first kappa shape index (κ1) is 17.0. The van der Waals surface area contributed by atoms with Gasteiger partial charge in [0.15, 0.2) is 0 Å². The Kier molecular flexibility index (Phi) is 4.78. The minimum absolute atomic E-state index is 0.504. The largest absolute Gasteiger partial charge is 0.497 e. The van der Waals surface area contributed by atoms with Crippen LogP contribution >= 0.6 is 11.3 Å². The fourth-order valence-electron chi connectivity index (χ4n) is 4.12. The molecule has 2 fully saturated rings. The second kappa shape index (κ2) is 7.03. The van der Waals surface area contributed by atoms with Crippen LogP contribution in [-0.2, 0) is 6.54 Å². The molecule has 0 amide bonds. The molecule has 2 aliphatic rings. The summed E-state index contributed by atoms with van der Waals surface area (Å²) in [5, 5.41) is 20.8. The summed E-state index contributed by atoms with van der Waals surface area (Å²) < 4.78 is 5.29. The second-order valence-corrected chi connectivity index (χ2v) is 8.30. The van der Waals surface area contributed by atoms with Gasteiger partial charge in [-0.15, -0.1) is 11.3 Å². The van der Waals surface area contributed by atoms with Crippen LogP contribution in [0.25, 0.3) is 10.6 Å². The van der Waals surface area contributed by atoms with E-state index in [-0.39, 0.29) is 0 Å². The Hall–Kier alpha value is -1.47. The van der Waals surface area contributed by atoms with E-state index in [9.17, 15) is 10.2 Å². The van der Waals surface area contributed by atoms with Crippen LogP contribution in [0.4, 0.5) is 0 Å². The number of thiazole rings is 1. The van der Waals surface area contributed by atoms with Gasteiger partial charge in [-0.05, 0) is 36.8 Å². The molecule has 2 heterocycles. The third-order valence-electron chi connectivity index (χ3n) is 5.43. The first-order chi connectivity index (χ1) is 12.1. The van der Waals surface area contributed by atoms with Crippen molar-refractivity contribution in [3.8, 4) is 16.3 Å². The van der Waals surface area contributed by atoms with E-state index in [1.54, 1.807) is 18.4 Å². The third kappa shape index (κ3) is 3.58. The van der Waals surface area contributed by atoms with Crippen molar-refractivity contribution in [2.45, 2.75) is 31.6 Å². The van der Waals surface area contributed by atoms with Gasteiger partial charge in [0, 0.05) is 36.3 Å². The zero-order valence-electron chi connectivity index (χ0n) is 14.3. The second-order valence-electron chi connectivity index (χ2n) is 7.18. The van der Waals surface area contributed by atoms with E-state index in [0.29, 0.717) is 11.8 Å². The molecule has 5 nitrogen and oxygen atoms in total. The quantitative estimate of drug-likeness (QED) is 0.876. The molecule has 0 radical (unpaired) electrons. The van der Waals surface area contributed by atoms with Gasteiger partial charge in [-0.2, -0.15) is 0 Å². The summed E-state index contributed by atoms with van der Waals surface area (Å²) in [5.74, 6) is 1.85. The van der Waals surface area contributed by atoms with Crippen LogP contribution in [0.2, 0.25) is 0 Å². The zero-order chi connectivity index (χ0) is 17.4. The number of aromatic nitrogens is 1. The Balaban J connectivity index is 1.42. The zero-order valence-corrected chi connectivity index (χ0v) is 15.2. The fourth-order valence-corrected chi connectivity index (χ4v) is 5.08. The van der Waals surface area contributed by atoms with Gasteiger partial charge < -0.3 is 14.9 Å². The predicted octanol–water partition coefficient (Wildman–Crippen LogP) is 2.38. The van der Waals surface area contributed by atoms with Crippen LogP contribution in [0.15, 0.2) is 30.5 Å². The molecule has 1 aromatic heterocycles. The highest BCUT2D eigenvalue weighted by Crippen LogP contribution is 2.37. The highest BCUT2D eigenvalue weighted by molar-refractivity contribution is 7.15. The van der Waals surface area contributed by atoms with E-state index in [1.807, 2.05) is 24.4 Å². The number of nitrogens with zero attached hydrogens (tertiary/aromatic N) is 2. The summed E-state index contributed by atoms with van der Waals surface area (Å²) in [7, 11) is 1.67. The molecular formula is C19H24N2O3S. The van der Waals surface area contributed by atoms with Crippen molar-refractivity contribution in [1.29, 1.82) is 0 Å². The minimum atomic E-state index is -0.552. The van der Waals surface area contributed by atoms with Crippen molar-refractivity contribution in [3.63, 3.8) is 0 Å². The maximum atomic E-state index is 9.89. The average Bonchev–Trinajstić information content (AvgIpc) is 3.22. The summed E-state index contributed by atoms with van der Waals surface area (Å²) in [4.78, 5) is 8.26. The standard InChI is InChI=1S/C19H24N2O3S/c1-24-15-4-2-3-12(5-15)19-20-8-16(25-19)11-21-9-13-6-17(22)18(23)7-14(13)10-21/h2-5,8,13-14,17-18,22-23H,6-7,9-11H2,1H3/t13-,14+,17+,18-. The maximum Gasteiger partial charge on any atom is 0.123 e. The van der Waals surface area contributed by atoms with Gasteiger partial charge in [-0.3, -0.25) is 4.90 Å².